The van der Waals surface area contributed by atoms with E-state index in [1.807, 2.05) is 0 Å². The fourth-order valence-corrected chi connectivity index (χ4v) is 5.88. The van der Waals surface area contributed by atoms with Crippen molar-refractivity contribution in [3.63, 3.8) is 0 Å². The molecule has 2 unspecified atom stereocenters. The van der Waals surface area contributed by atoms with E-state index in [-0.39, 0.29) is 48.0 Å². The highest BCUT2D eigenvalue weighted by molar-refractivity contribution is 6.42. The molecular formula is C28H36Cl2N6O4. The summed E-state index contributed by atoms with van der Waals surface area (Å²) >= 11 is 13.3. The highest BCUT2D eigenvalue weighted by Crippen LogP contribution is 2.48. The van der Waals surface area contributed by atoms with Gasteiger partial charge in [0.1, 0.15) is 27.4 Å². The van der Waals surface area contributed by atoms with Gasteiger partial charge in [0, 0.05) is 36.5 Å². The second kappa shape index (κ2) is 12.5. The van der Waals surface area contributed by atoms with Gasteiger partial charge in [-0.1, -0.05) is 50.0 Å². The van der Waals surface area contributed by atoms with Crippen molar-refractivity contribution in [3.05, 3.63) is 40.5 Å². The molecule has 2 saturated carbocycles. The summed E-state index contributed by atoms with van der Waals surface area (Å²) < 4.78 is 10.8. The van der Waals surface area contributed by atoms with Gasteiger partial charge in [-0.05, 0) is 37.7 Å². The molecule has 216 valence electrons. The molecule has 12 heteroatoms. The SMILES string of the molecule is C.C=CC(=O)NC1CCCCC1Nc1ncc2c(n1)N(CC1CC1)C(=O)N(c1c(Cl)c(OC)cc(OC)c1Cl)C2. The van der Waals surface area contributed by atoms with Crippen molar-refractivity contribution in [2.24, 2.45) is 5.92 Å². The number of halogens is 2. The molecule has 0 saturated heterocycles. The lowest BCUT2D eigenvalue weighted by molar-refractivity contribution is -0.117. The number of fused-ring (bicyclic) bond motifs is 1. The van der Waals surface area contributed by atoms with Crippen molar-refractivity contribution < 1.29 is 19.1 Å². The second-order valence-electron chi connectivity index (χ2n) is 10.1. The number of amides is 3. The largest absolute Gasteiger partial charge is 0.495 e. The van der Waals surface area contributed by atoms with Crippen LogP contribution in [-0.4, -0.2) is 54.8 Å². The summed E-state index contributed by atoms with van der Waals surface area (Å²) in [6.45, 7) is 4.25. The first-order valence-corrected chi connectivity index (χ1v) is 13.8. The molecule has 2 heterocycles. The predicted molar refractivity (Wildman–Crippen MR) is 158 cm³/mol. The number of carbonyl (C=O) groups excluding carboxylic acids is 2. The maximum Gasteiger partial charge on any atom is 0.330 e. The molecule has 40 heavy (non-hydrogen) atoms. The molecule has 1 aromatic heterocycles. The van der Waals surface area contributed by atoms with E-state index >= 15 is 0 Å². The number of hydrogen-bond acceptors (Lipinski definition) is 7. The zero-order valence-corrected chi connectivity index (χ0v) is 23.5. The van der Waals surface area contributed by atoms with Crippen molar-refractivity contribution in [1.29, 1.82) is 0 Å². The molecule has 0 spiro atoms. The van der Waals surface area contributed by atoms with Crippen molar-refractivity contribution in [3.8, 4) is 11.5 Å². The zero-order chi connectivity index (χ0) is 27.7. The van der Waals surface area contributed by atoms with Gasteiger partial charge in [-0.25, -0.2) is 9.78 Å². The molecule has 2 N–H and O–H groups in total. The van der Waals surface area contributed by atoms with E-state index in [1.165, 1.54) is 25.2 Å². The summed E-state index contributed by atoms with van der Waals surface area (Å²) in [4.78, 5) is 38.5. The maximum atomic E-state index is 14.0. The number of methoxy groups -OCH3 is 2. The van der Waals surface area contributed by atoms with Gasteiger partial charge in [-0.2, -0.15) is 4.98 Å². The van der Waals surface area contributed by atoms with Crippen LogP contribution in [0.25, 0.3) is 0 Å². The van der Waals surface area contributed by atoms with E-state index in [0.717, 1.165) is 44.1 Å². The minimum absolute atomic E-state index is 0. The molecule has 1 aromatic carbocycles. The fraction of sp³-hybridized carbons (Fsp3) is 0.500. The Hall–Kier alpha value is -3.24. The number of ether oxygens (including phenoxy) is 2. The van der Waals surface area contributed by atoms with Crippen LogP contribution in [0.5, 0.6) is 11.5 Å². The Morgan fingerprint density at radius 3 is 2.38 bits per heavy atom. The lowest BCUT2D eigenvalue weighted by Crippen LogP contribution is -2.50. The lowest BCUT2D eigenvalue weighted by Gasteiger charge is -2.37. The number of hydrogen-bond donors (Lipinski definition) is 2. The van der Waals surface area contributed by atoms with Gasteiger partial charge in [0.2, 0.25) is 11.9 Å². The van der Waals surface area contributed by atoms with E-state index in [4.69, 9.17) is 37.7 Å². The topological polar surface area (TPSA) is 109 Å². The van der Waals surface area contributed by atoms with Crippen molar-refractivity contribution >= 4 is 52.6 Å². The number of aromatic nitrogens is 2. The molecule has 0 bridgehead atoms. The second-order valence-corrected chi connectivity index (χ2v) is 10.8. The Bertz CT molecular complexity index is 1260. The third-order valence-electron chi connectivity index (χ3n) is 7.44. The molecule has 0 radical (unpaired) electrons. The van der Waals surface area contributed by atoms with Crippen molar-refractivity contribution in [2.75, 3.05) is 35.9 Å². The third kappa shape index (κ3) is 5.93. The Morgan fingerprint density at radius 1 is 1.12 bits per heavy atom. The van der Waals surface area contributed by atoms with Crippen LogP contribution in [0.2, 0.25) is 10.0 Å². The minimum atomic E-state index is -0.285. The van der Waals surface area contributed by atoms with Crippen LogP contribution >= 0.6 is 23.2 Å². The minimum Gasteiger partial charge on any atom is -0.495 e. The first kappa shape index (κ1) is 29.7. The number of carbonyl (C=O) groups is 2. The predicted octanol–water partition coefficient (Wildman–Crippen LogP) is 5.82. The van der Waals surface area contributed by atoms with E-state index in [1.54, 1.807) is 17.2 Å². The van der Waals surface area contributed by atoms with E-state index in [9.17, 15) is 9.59 Å². The first-order valence-electron chi connectivity index (χ1n) is 13.1. The monoisotopic (exact) mass is 590 g/mol. The summed E-state index contributed by atoms with van der Waals surface area (Å²) in [6.07, 6.45) is 8.91. The number of nitrogens with zero attached hydrogens (tertiary/aromatic N) is 4. The van der Waals surface area contributed by atoms with E-state index in [2.05, 4.69) is 22.2 Å². The van der Waals surface area contributed by atoms with Gasteiger partial charge in [0.25, 0.3) is 0 Å². The Morgan fingerprint density at radius 2 is 1.77 bits per heavy atom. The van der Waals surface area contributed by atoms with E-state index < -0.39 is 0 Å². The number of urea groups is 1. The molecule has 2 aromatic rings. The van der Waals surface area contributed by atoms with Gasteiger partial charge < -0.3 is 20.1 Å². The summed E-state index contributed by atoms with van der Waals surface area (Å²) in [5, 5.41) is 6.86. The van der Waals surface area contributed by atoms with E-state index in [0.29, 0.717) is 41.4 Å². The Labute approximate surface area is 245 Å². The van der Waals surface area contributed by atoms with Gasteiger partial charge >= 0.3 is 6.03 Å². The zero-order valence-electron chi connectivity index (χ0n) is 22.0. The molecule has 10 nitrogen and oxygen atoms in total. The normalized spacial score (nSPS) is 20.2. The quantitative estimate of drug-likeness (QED) is 0.354. The Kier molecular flexibility index (Phi) is 9.30. The van der Waals surface area contributed by atoms with Crippen LogP contribution in [0.15, 0.2) is 24.9 Å². The summed E-state index contributed by atoms with van der Waals surface area (Å²) in [6, 6.07) is 1.22. The lowest BCUT2D eigenvalue weighted by atomic mass is 9.90. The fourth-order valence-electron chi connectivity index (χ4n) is 5.18. The molecule has 2 atom stereocenters. The standard InChI is InChI=1S/C27H32Cl2N6O4.CH4/c1-4-21(36)31-17-7-5-6-8-18(17)32-26-30-12-16-14-34(27(37)35(25(16)33-26)13-15-9-10-15)24-22(28)19(38-2)11-20(39-3)23(24)29;/h4,11-12,15,17-18H,1,5-10,13-14H2,2-3H3,(H,31,36)(H,30,32,33);1H4. The molecule has 5 rings (SSSR count). The van der Waals surface area contributed by atoms with Crippen LogP contribution in [0.4, 0.5) is 22.2 Å². The number of anilines is 3. The average molecular weight is 592 g/mol. The van der Waals surface area contributed by atoms with Crippen LogP contribution < -0.4 is 29.9 Å². The van der Waals surface area contributed by atoms with Crippen LogP contribution in [0, 0.1) is 5.92 Å². The average Bonchev–Trinajstić information content (AvgIpc) is 3.76. The number of nitrogens with one attached hydrogen (secondary N) is 2. The van der Waals surface area contributed by atoms with Gasteiger partial charge in [-0.3, -0.25) is 14.6 Å². The summed E-state index contributed by atoms with van der Waals surface area (Å²) in [7, 11) is 2.99. The molecular weight excluding hydrogens is 555 g/mol. The summed E-state index contributed by atoms with van der Waals surface area (Å²) in [5.41, 5.74) is 1.08. The van der Waals surface area contributed by atoms with Crippen LogP contribution in [-0.2, 0) is 11.3 Å². The molecule has 2 fully saturated rings. The van der Waals surface area contributed by atoms with Crippen molar-refractivity contribution in [2.45, 2.75) is 64.6 Å². The molecule has 3 amide bonds. The maximum absolute atomic E-state index is 14.0. The number of benzene rings is 1. The molecule has 1 aliphatic heterocycles. The highest BCUT2D eigenvalue weighted by Gasteiger charge is 2.39. The molecule has 2 aliphatic carbocycles. The Balaban J connectivity index is 0.00000370. The van der Waals surface area contributed by atoms with Crippen LogP contribution in [0.1, 0.15) is 51.5 Å². The first-order chi connectivity index (χ1) is 18.8. The third-order valence-corrected chi connectivity index (χ3v) is 8.17. The van der Waals surface area contributed by atoms with Crippen LogP contribution in [0.3, 0.4) is 0 Å². The molecule has 3 aliphatic rings. The van der Waals surface area contributed by atoms with Gasteiger partial charge in [0.05, 0.1) is 26.5 Å². The van der Waals surface area contributed by atoms with Gasteiger partial charge in [-0.15, -0.1) is 0 Å². The highest BCUT2D eigenvalue weighted by atomic mass is 35.5. The number of rotatable bonds is 9. The van der Waals surface area contributed by atoms with Gasteiger partial charge in [0.15, 0.2) is 0 Å². The smallest absolute Gasteiger partial charge is 0.330 e. The van der Waals surface area contributed by atoms with Crippen molar-refractivity contribution in [1.82, 2.24) is 15.3 Å². The summed E-state index contributed by atoms with van der Waals surface area (Å²) in [5.74, 6) is 1.87.